The van der Waals surface area contributed by atoms with Crippen molar-refractivity contribution in [3.8, 4) is 5.75 Å². The van der Waals surface area contributed by atoms with E-state index in [1.807, 2.05) is 13.8 Å². The average molecular weight is 201 g/mol. The van der Waals surface area contributed by atoms with Gasteiger partial charge in [0.1, 0.15) is 5.75 Å². The molecule has 0 heterocycles. The first kappa shape index (κ1) is 12.3. The summed E-state index contributed by atoms with van der Waals surface area (Å²) in [6, 6.07) is 3.36. The third kappa shape index (κ3) is 3.01. The summed E-state index contributed by atoms with van der Waals surface area (Å²) in [6.45, 7) is 4.00. The van der Waals surface area contributed by atoms with Crippen LogP contribution in [0.25, 0.3) is 0 Å². The Kier molecular flexibility index (Phi) is 5.21. The molecule has 5 heteroatoms. The van der Waals surface area contributed by atoms with Gasteiger partial charge in [0, 0.05) is 0 Å². The van der Waals surface area contributed by atoms with E-state index < -0.39 is 16.4 Å². The van der Waals surface area contributed by atoms with Gasteiger partial charge in [-0.15, -0.1) is 0 Å². The summed E-state index contributed by atoms with van der Waals surface area (Å²) in [4.78, 5) is 9.41. The summed E-state index contributed by atoms with van der Waals surface area (Å²) in [5.74, 6) is -0.594. The fourth-order valence-corrected chi connectivity index (χ4v) is 0.759. The van der Waals surface area contributed by atoms with Crippen LogP contribution in [0.1, 0.15) is 13.8 Å². The van der Waals surface area contributed by atoms with Crippen molar-refractivity contribution in [2.75, 3.05) is 7.11 Å². The maximum Gasteiger partial charge on any atom is 0.308 e. The molecule has 78 valence electrons. The zero-order chi connectivity index (χ0) is 11.1. The molecule has 0 bridgehead atoms. The van der Waals surface area contributed by atoms with Crippen LogP contribution >= 0.6 is 0 Å². The molecule has 0 aliphatic heterocycles. The lowest BCUT2D eigenvalue weighted by Crippen LogP contribution is -1.93. The maximum atomic E-state index is 12.7. The molecular weight excluding hydrogens is 189 g/mol. The minimum atomic E-state index is -0.860. The van der Waals surface area contributed by atoms with Crippen LogP contribution in [0.5, 0.6) is 5.75 Å². The van der Waals surface area contributed by atoms with Crippen molar-refractivity contribution in [3.05, 3.63) is 34.1 Å². The van der Waals surface area contributed by atoms with E-state index in [0.717, 1.165) is 12.1 Å². The zero-order valence-electron chi connectivity index (χ0n) is 8.28. The number of benzene rings is 1. The van der Waals surface area contributed by atoms with E-state index in [1.165, 1.54) is 13.2 Å². The van der Waals surface area contributed by atoms with Gasteiger partial charge in [-0.2, -0.15) is 4.39 Å². The third-order valence-electron chi connectivity index (χ3n) is 1.35. The molecule has 0 unspecified atom stereocenters. The number of rotatable bonds is 2. The Morgan fingerprint density at radius 2 is 2.00 bits per heavy atom. The molecule has 0 aromatic heterocycles. The molecule has 0 atom stereocenters. The molecule has 1 rings (SSSR count). The number of nitrogens with zero attached hydrogens (tertiary/aromatic N) is 1. The lowest BCUT2D eigenvalue weighted by molar-refractivity contribution is -0.387. The Labute approximate surface area is 81.5 Å². The number of methoxy groups -OCH3 is 1. The number of hydrogen-bond donors (Lipinski definition) is 0. The van der Waals surface area contributed by atoms with Crippen LogP contribution in [-0.4, -0.2) is 12.0 Å². The minimum Gasteiger partial charge on any atom is -0.496 e. The molecule has 0 spiro atoms. The second kappa shape index (κ2) is 5.90. The number of nitro groups is 1. The molecule has 1 aromatic carbocycles. The summed E-state index contributed by atoms with van der Waals surface area (Å²) >= 11 is 0. The van der Waals surface area contributed by atoms with E-state index in [9.17, 15) is 14.5 Å². The molecule has 0 radical (unpaired) electrons. The topological polar surface area (TPSA) is 52.4 Å². The largest absolute Gasteiger partial charge is 0.496 e. The summed E-state index contributed by atoms with van der Waals surface area (Å²) in [7, 11) is 1.36. The monoisotopic (exact) mass is 201 g/mol. The normalized spacial score (nSPS) is 8.57. The number of hydrogen-bond acceptors (Lipinski definition) is 3. The van der Waals surface area contributed by atoms with Crippen LogP contribution in [0.4, 0.5) is 10.1 Å². The standard InChI is InChI=1S/C7H6FNO3.C2H6/c1-12-5-2-3-6(8)7(4-5)9(10)11;1-2/h2-4H,1H3;1-2H3. The van der Waals surface area contributed by atoms with Gasteiger partial charge in [0.15, 0.2) is 0 Å². The molecule has 14 heavy (non-hydrogen) atoms. The lowest BCUT2D eigenvalue weighted by atomic mass is 10.3. The van der Waals surface area contributed by atoms with Gasteiger partial charge in [0.25, 0.3) is 0 Å². The van der Waals surface area contributed by atoms with Crippen molar-refractivity contribution in [2.45, 2.75) is 13.8 Å². The maximum absolute atomic E-state index is 12.7. The van der Waals surface area contributed by atoms with Gasteiger partial charge in [0.2, 0.25) is 5.82 Å². The van der Waals surface area contributed by atoms with Crippen molar-refractivity contribution in [1.82, 2.24) is 0 Å². The molecule has 0 fully saturated rings. The van der Waals surface area contributed by atoms with Gasteiger partial charge in [0.05, 0.1) is 18.1 Å². The van der Waals surface area contributed by atoms with Crippen molar-refractivity contribution in [1.29, 1.82) is 0 Å². The highest BCUT2D eigenvalue weighted by atomic mass is 19.1. The molecule has 0 N–H and O–H groups in total. The Balaban J connectivity index is 0.000000791. The lowest BCUT2D eigenvalue weighted by Gasteiger charge is -1.98. The second-order valence-corrected chi connectivity index (χ2v) is 2.07. The van der Waals surface area contributed by atoms with E-state index in [-0.39, 0.29) is 5.75 Å². The van der Waals surface area contributed by atoms with Crippen LogP contribution in [0, 0.1) is 15.9 Å². The molecule has 0 amide bonds. The highest BCUT2D eigenvalue weighted by Gasteiger charge is 2.13. The van der Waals surface area contributed by atoms with Gasteiger partial charge >= 0.3 is 5.69 Å². The van der Waals surface area contributed by atoms with Crippen LogP contribution < -0.4 is 4.74 Å². The first-order valence-electron chi connectivity index (χ1n) is 4.13. The molecule has 0 aliphatic carbocycles. The van der Waals surface area contributed by atoms with Crippen molar-refractivity contribution in [3.63, 3.8) is 0 Å². The summed E-state index contributed by atoms with van der Waals surface area (Å²) < 4.78 is 17.3. The van der Waals surface area contributed by atoms with E-state index >= 15 is 0 Å². The molecule has 0 aliphatic rings. The molecule has 0 saturated carbocycles. The highest BCUT2D eigenvalue weighted by Crippen LogP contribution is 2.22. The average Bonchev–Trinajstić information content (AvgIpc) is 2.21. The Bertz CT molecular complexity index is 315. The first-order chi connectivity index (χ1) is 6.65. The van der Waals surface area contributed by atoms with Crippen molar-refractivity contribution >= 4 is 5.69 Å². The smallest absolute Gasteiger partial charge is 0.308 e. The Morgan fingerprint density at radius 1 is 1.43 bits per heavy atom. The van der Waals surface area contributed by atoms with Crippen molar-refractivity contribution < 1.29 is 14.1 Å². The first-order valence-corrected chi connectivity index (χ1v) is 4.13. The van der Waals surface area contributed by atoms with E-state index in [1.54, 1.807) is 0 Å². The SMILES string of the molecule is CC.COc1ccc(F)c([N+](=O)[O-])c1. The van der Waals surface area contributed by atoms with Gasteiger partial charge < -0.3 is 4.74 Å². The van der Waals surface area contributed by atoms with Crippen molar-refractivity contribution in [2.24, 2.45) is 0 Å². The predicted octanol–water partition coefficient (Wildman–Crippen LogP) is 2.77. The number of halogens is 1. The van der Waals surface area contributed by atoms with Gasteiger partial charge in [-0.25, -0.2) is 0 Å². The van der Waals surface area contributed by atoms with Gasteiger partial charge in [-0.3, -0.25) is 10.1 Å². The summed E-state index contributed by atoms with van der Waals surface area (Å²) in [5.41, 5.74) is -0.575. The van der Waals surface area contributed by atoms with Crippen LogP contribution in [0.2, 0.25) is 0 Å². The fourth-order valence-electron chi connectivity index (χ4n) is 0.759. The molecular formula is C9H12FNO3. The minimum absolute atomic E-state index is 0.267. The van der Waals surface area contributed by atoms with Crippen LogP contribution in [0.3, 0.4) is 0 Å². The molecule has 0 saturated heterocycles. The van der Waals surface area contributed by atoms with Crippen LogP contribution in [-0.2, 0) is 0 Å². The molecule has 4 nitrogen and oxygen atoms in total. The summed E-state index contributed by atoms with van der Waals surface area (Å²) in [6.07, 6.45) is 0. The van der Waals surface area contributed by atoms with E-state index in [4.69, 9.17) is 0 Å². The predicted molar refractivity (Wildman–Crippen MR) is 51.0 cm³/mol. The second-order valence-electron chi connectivity index (χ2n) is 2.07. The van der Waals surface area contributed by atoms with Crippen LogP contribution in [0.15, 0.2) is 18.2 Å². The number of nitro benzene ring substituents is 1. The summed E-state index contributed by atoms with van der Waals surface area (Å²) in [5, 5.41) is 10.2. The van der Waals surface area contributed by atoms with E-state index in [2.05, 4.69) is 4.74 Å². The van der Waals surface area contributed by atoms with Gasteiger partial charge in [-0.05, 0) is 12.1 Å². The molecule has 1 aromatic rings. The van der Waals surface area contributed by atoms with E-state index in [0.29, 0.717) is 0 Å². The number of ether oxygens (including phenoxy) is 1. The fraction of sp³-hybridized carbons (Fsp3) is 0.333. The van der Waals surface area contributed by atoms with Gasteiger partial charge in [-0.1, -0.05) is 13.8 Å². The quantitative estimate of drug-likeness (QED) is 0.546. The Hall–Kier alpha value is -1.65. The Morgan fingerprint density at radius 3 is 2.43 bits per heavy atom. The zero-order valence-corrected chi connectivity index (χ0v) is 8.28. The third-order valence-corrected chi connectivity index (χ3v) is 1.35. The highest BCUT2D eigenvalue weighted by molar-refractivity contribution is 5.39.